The standard InChI is InChI=1S/C13H14BrF2N/c14-10-3-1-9-2-4-12(11(9)7-10)17-6-5-13(15,16)8-17/h1,3,7,12H,2,4-6,8H2. The van der Waals surface area contributed by atoms with Crippen molar-refractivity contribution in [2.24, 2.45) is 0 Å². The van der Waals surface area contributed by atoms with Crippen LogP contribution in [0.25, 0.3) is 0 Å². The van der Waals surface area contributed by atoms with Gasteiger partial charge in [0.05, 0.1) is 6.54 Å². The lowest BCUT2D eigenvalue weighted by Gasteiger charge is -2.24. The number of benzene rings is 1. The highest BCUT2D eigenvalue weighted by Gasteiger charge is 2.42. The van der Waals surface area contributed by atoms with Crippen molar-refractivity contribution in [2.45, 2.75) is 31.2 Å². The summed E-state index contributed by atoms with van der Waals surface area (Å²) in [5.74, 6) is -2.49. The fraction of sp³-hybridized carbons (Fsp3) is 0.538. The normalized spacial score (nSPS) is 27.4. The predicted molar refractivity (Wildman–Crippen MR) is 66.3 cm³/mol. The predicted octanol–water partition coefficient (Wildman–Crippen LogP) is 3.78. The molecule has 1 saturated heterocycles. The van der Waals surface area contributed by atoms with Crippen LogP contribution in [0.15, 0.2) is 22.7 Å². The van der Waals surface area contributed by atoms with Gasteiger partial charge in [0.1, 0.15) is 0 Å². The Labute approximate surface area is 108 Å². The monoisotopic (exact) mass is 301 g/mol. The molecular formula is C13H14BrF2N. The van der Waals surface area contributed by atoms with Crippen molar-refractivity contribution < 1.29 is 8.78 Å². The first-order chi connectivity index (χ1) is 8.05. The van der Waals surface area contributed by atoms with Crippen molar-refractivity contribution in [3.63, 3.8) is 0 Å². The van der Waals surface area contributed by atoms with Crippen molar-refractivity contribution in [1.29, 1.82) is 0 Å². The van der Waals surface area contributed by atoms with E-state index in [0.29, 0.717) is 6.54 Å². The van der Waals surface area contributed by atoms with Crippen LogP contribution in [0.1, 0.15) is 30.0 Å². The van der Waals surface area contributed by atoms with Crippen molar-refractivity contribution in [3.05, 3.63) is 33.8 Å². The van der Waals surface area contributed by atoms with Crippen LogP contribution in [0.5, 0.6) is 0 Å². The quantitative estimate of drug-likeness (QED) is 0.763. The fourth-order valence-electron chi connectivity index (χ4n) is 2.96. The van der Waals surface area contributed by atoms with Crippen LogP contribution in [0.3, 0.4) is 0 Å². The highest BCUT2D eigenvalue weighted by atomic mass is 79.9. The fourth-order valence-corrected chi connectivity index (χ4v) is 3.34. The van der Waals surface area contributed by atoms with Gasteiger partial charge in [0.2, 0.25) is 0 Å². The number of aryl methyl sites for hydroxylation is 1. The van der Waals surface area contributed by atoms with Gasteiger partial charge in [-0.25, -0.2) is 8.78 Å². The third-order valence-corrected chi connectivity index (χ3v) is 4.29. The molecular weight excluding hydrogens is 288 g/mol. The largest absolute Gasteiger partial charge is 0.290 e. The van der Waals surface area contributed by atoms with E-state index in [-0.39, 0.29) is 19.0 Å². The van der Waals surface area contributed by atoms with Gasteiger partial charge >= 0.3 is 0 Å². The van der Waals surface area contributed by atoms with E-state index in [1.54, 1.807) is 0 Å². The van der Waals surface area contributed by atoms with E-state index in [4.69, 9.17) is 0 Å². The number of hydrogen-bond donors (Lipinski definition) is 0. The lowest BCUT2D eigenvalue weighted by Crippen LogP contribution is -2.28. The summed E-state index contributed by atoms with van der Waals surface area (Å²) >= 11 is 3.46. The van der Waals surface area contributed by atoms with Gasteiger partial charge in [0.25, 0.3) is 5.92 Å². The van der Waals surface area contributed by atoms with Gasteiger partial charge in [0, 0.05) is 23.5 Å². The molecule has 0 bridgehead atoms. The minimum absolute atomic E-state index is 0.00678. The van der Waals surface area contributed by atoms with E-state index in [1.807, 2.05) is 11.0 Å². The average molecular weight is 302 g/mol. The van der Waals surface area contributed by atoms with Crippen LogP contribution in [0.2, 0.25) is 0 Å². The molecule has 1 heterocycles. The number of halogens is 3. The first kappa shape index (κ1) is 11.6. The molecule has 0 saturated carbocycles. The molecule has 0 radical (unpaired) electrons. The number of hydrogen-bond acceptors (Lipinski definition) is 1. The van der Waals surface area contributed by atoms with Crippen molar-refractivity contribution in [2.75, 3.05) is 13.1 Å². The SMILES string of the molecule is FC1(F)CCN(C2CCc3ccc(Br)cc32)C1. The van der Waals surface area contributed by atoms with Crippen LogP contribution in [0, 0.1) is 0 Å². The number of fused-ring (bicyclic) bond motifs is 1. The zero-order chi connectivity index (χ0) is 12.0. The van der Waals surface area contributed by atoms with E-state index >= 15 is 0 Å². The van der Waals surface area contributed by atoms with Crippen LogP contribution in [0.4, 0.5) is 8.78 Å². The molecule has 17 heavy (non-hydrogen) atoms. The maximum atomic E-state index is 13.3. The molecule has 0 aromatic heterocycles. The number of rotatable bonds is 1. The molecule has 1 atom stereocenters. The average Bonchev–Trinajstić information content (AvgIpc) is 2.81. The second-order valence-electron chi connectivity index (χ2n) is 4.97. The van der Waals surface area contributed by atoms with E-state index in [0.717, 1.165) is 17.3 Å². The van der Waals surface area contributed by atoms with Gasteiger partial charge in [-0.15, -0.1) is 0 Å². The minimum atomic E-state index is -2.49. The lowest BCUT2D eigenvalue weighted by molar-refractivity contribution is 0.00754. The second kappa shape index (κ2) is 4.02. The Morgan fingerprint density at radius 2 is 2.18 bits per heavy atom. The summed E-state index contributed by atoms with van der Waals surface area (Å²) in [6, 6.07) is 6.41. The third-order valence-electron chi connectivity index (χ3n) is 3.79. The number of likely N-dealkylation sites (tertiary alicyclic amines) is 1. The summed E-state index contributed by atoms with van der Waals surface area (Å²) in [6.07, 6.45) is 1.99. The summed E-state index contributed by atoms with van der Waals surface area (Å²) in [5, 5.41) is 0. The Hall–Kier alpha value is -0.480. The first-order valence-corrected chi connectivity index (χ1v) is 6.75. The Bertz CT molecular complexity index is 447. The molecule has 0 amide bonds. The van der Waals surface area contributed by atoms with Crippen LogP contribution >= 0.6 is 15.9 Å². The highest BCUT2D eigenvalue weighted by molar-refractivity contribution is 9.10. The molecule has 1 aromatic rings. The van der Waals surface area contributed by atoms with E-state index in [1.165, 1.54) is 11.1 Å². The molecule has 1 aliphatic heterocycles. The number of nitrogens with zero attached hydrogens (tertiary/aromatic N) is 1. The Kier molecular flexibility index (Phi) is 2.75. The molecule has 92 valence electrons. The summed E-state index contributed by atoms with van der Waals surface area (Å²) in [7, 11) is 0. The van der Waals surface area contributed by atoms with Crippen LogP contribution in [-0.4, -0.2) is 23.9 Å². The minimum Gasteiger partial charge on any atom is -0.290 e. The van der Waals surface area contributed by atoms with E-state index < -0.39 is 5.92 Å². The zero-order valence-corrected chi connectivity index (χ0v) is 11.0. The third kappa shape index (κ3) is 2.13. The molecule has 1 nitrogen and oxygen atoms in total. The Morgan fingerprint density at radius 3 is 2.88 bits per heavy atom. The molecule has 0 spiro atoms. The summed E-state index contributed by atoms with van der Waals surface area (Å²) in [4.78, 5) is 1.94. The molecule has 0 N–H and O–H groups in total. The topological polar surface area (TPSA) is 3.24 Å². The lowest BCUT2D eigenvalue weighted by atomic mass is 10.1. The maximum absolute atomic E-state index is 13.3. The molecule has 1 fully saturated rings. The highest BCUT2D eigenvalue weighted by Crippen LogP contribution is 2.41. The Balaban J connectivity index is 1.86. The van der Waals surface area contributed by atoms with Gasteiger partial charge in [-0.05, 0) is 36.1 Å². The first-order valence-electron chi connectivity index (χ1n) is 5.95. The van der Waals surface area contributed by atoms with Gasteiger partial charge in [-0.1, -0.05) is 22.0 Å². The second-order valence-corrected chi connectivity index (χ2v) is 5.89. The van der Waals surface area contributed by atoms with Gasteiger partial charge in [-0.3, -0.25) is 4.90 Å². The van der Waals surface area contributed by atoms with Gasteiger partial charge < -0.3 is 0 Å². The zero-order valence-electron chi connectivity index (χ0n) is 9.43. The Morgan fingerprint density at radius 1 is 1.35 bits per heavy atom. The summed E-state index contributed by atoms with van der Waals surface area (Å²) < 4.78 is 27.5. The number of alkyl halides is 2. The molecule has 1 aliphatic carbocycles. The van der Waals surface area contributed by atoms with Crippen molar-refractivity contribution >= 4 is 15.9 Å². The van der Waals surface area contributed by atoms with Gasteiger partial charge in [-0.2, -0.15) is 0 Å². The van der Waals surface area contributed by atoms with Gasteiger partial charge in [0.15, 0.2) is 0 Å². The van der Waals surface area contributed by atoms with Crippen LogP contribution < -0.4 is 0 Å². The van der Waals surface area contributed by atoms with E-state index in [2.05, 4.69) is 28.1 Å². The summed E-state index contributed by atoms with van der Waals surface area (Å²) in [5.41, 5.74) is 2.55. The molecule has 3 rings (SSSR count). The van der Waals surface area contributed by atoms with Crippen LogP contribution in [-0.2, 0) is 6.42 Å². The molecule has 1 unspecified atom stereocenters. The maximum Gasteiger partial charge on any atom is 0.261 e. The molecule has 1 aromatic carbocycles. The van der Waals surface area contributed by atoms with Crippen molar-refractivity contribution in [3.8, 4) is 0 Å². The molecule has 2 aliphatic rings. The summed E-state index contributed by atoms with van der Waals surface area (Å²) in [6.45, 7) is 0.438. The smallest absolute Gasteiger partial charge is 0.261 e. The van der Waals surface area contributed by atoms with E-state index in [9.17, 15) is 8.78 Å². The van der Waals surface area contributed by atoms with Crippen molar-refractivity contribution in [1.82, 2.24) is 4.90 Å². The molecule has 4 heteroatoms.